The average molecular weight is 455 g/mol. The molecule has 1 amide bonds. The number of nitrogens with one attached hydrogen (secondary N) is 1. The van der Waals surface area contributed by atoms with Crippen molar-refractivity contribution in [3.63, 3.8) is 0 Å². The van der Waals surface area contributed by atoms with Crippen molar-refractivity contribution in [1.82, 2.24) is 14.5 Å². The van der Waals surface area contributed by atoms with Crippen LogP contribution in [0, 0.1) is 20.8 Å². The number of amides is 1. The second-order valence-corrected chi connectivity index (χ2v) is 10.8. The maximum absolute atomic E-state index is 13.1. The molecule has 0 atom stereocenters. The van der Waals surface area contributed by atoms with E-state index < -0.39 is 15.9 Å². The fourth-order valence-corrected chi connectivity index (χ4v) is 4.67. The van der Waals surface area contributed by atoms with E-state index in [-0.39, 0.29) is 16.0 Å². The molecule has 2 aromatic carbocycles. The Kier molecular flexibility index (Phi) is 6.20. The number of nitrogens with zero attached hydrogens (tertiary/aromatic N) is 2. The summed E-state index contributed by atoms with van der Waals surface area (Å²) < 4.78 is 29.4. The lowest BCUT2D eigenvalue weighted by molar-refractivity contribution is 0.0980. The molecule has 0 bridgehead atoms. The summed E-state index contributed by atoms with van der Waals surface area (Å²) in [5.74, 6) is -0.722. The van der Waals surface area contributed by atoms with Gasteiger partial charge in [0.05, 0.1) is 21.7 Å². The molecule has 0 radical (unpaired) electrons. The molecule has 0 fully saturated rings. The van der Waals surface area contributed by atoms with Crippen LogP contribution in [0.5, 0.6) is 0 Å². The van der Waals surface area contributed by atoms with Gasteiger partial charge in [-0.15, -0.1) is 0 Å². The number of nitrogens with two attached hydrogens (primary N) is 1. The van der Waals surface area contributed by atoms with Crippen LogP contribution in [0.15, 0.2) is 47.5 Å². The maximum atomic E-state index is 13.1. The Balaban J connectivity index is 2.02. The lowest BCUT2D eigenvalue weighted by atomic mass is 9.95. The van der Waals surface area contributed by atoms with Gasteiger partial charge in [0.1, 0.15) is 0 Å². The number of benzene rings is 2. The zero-order valence-corrected chi connectivity index (χ0v) is 20.2. The van der Waals surface area contributed by atoms with E-state index in [9.17, 15) is 13.2 Å². The Morgan fingerprint density at radius 1 is 1.09 bits per heavy atom. The Morgan fingerprint density at radius 3 is 2.28 bits per heavy atom. The highest BCUT2D eigenvalue weighted by Gasteiger charge is 2.26. The maximum Gasteiger partial charge on any atom is 0.268 e. The number of sulfonamides is 1. The molecule has 0 saturated heterocycles. The number of carbonyl (C=O) groups excluding carboxylic acids is 1. The Morgan fingerprint density at radius 2 is 1.72 bits per heavy atom. The van der Waals surface area contributed by atoms with Gasteiger partial charge in [0.2, 0.25) is 0 Å². The lowest BCUT2D eigenvalue weighted by Gasteiger charge is -2.19. The average Bonchev–Trinajstić information content (AvgIpc) is 3.09. The normalized spacial score (nSPS) is 12.1. The van der Waals surface area contributed by atoms with E-state index in [0.717, 1.165) is 22.3 Å². The van der Waals surface area contributed by atoms with Crippen LogP contribution in [-0.2, 0) is 22.0 Å². The SMILES string of the molecule is Cc1cc(C)c(Cc2nn(C(C)(C)C)cc2C(=O)NS(=O)(=O)c2cccc(N)c2)c(C)c1. The summed E-state index contributed by atoms with van der Waals surface area (Å²) in [6.07, 6.45) is 2.03. The van der Waals surface area contributed by atoms with E-state index in [0.29, 0.717) is 17.8 Å². The first-order chi connectivity index (χ1) is 14.8. The quantitative estimate of drug-likeness (QED) is 0.570. The second-order valence-electron chi connectivity index (χ2n) is 9.17. The number of hydrogen-bond donors (Lipinski definition) is 2. The van der Waals surface area contributed by atoms with Crippen LogP contribution in [0.2, 0.25) is 0 Å². The number of aromatic nitrogens is 2. The Labute approximate surface area is 189 Å². The molecule has 0 spiro atoms. The summed E-state index contributed by atoms with van der Waals surface area (Å²) in [5, 5.41) is 4.66. The summed E-state index contributed by atoms with van der Waals surface area (Å²) in [6.45, 7) is 12.0. The topological polar surface area (TPSA) is 107 Å². The molecule has 3 rings (SSSR count). The van der Waals surface area contributed by atoms with Crippen LogP contribution in [0.3, 0.4) is 0 Å². The summed E-state index contributed by atoms with van der Waals surface area (Å²) >= 11 is 0. The van der Waals surface area contributed by atoms with E-state index in [1.807, 2.05) is 41.5 Å². The van der Waals surface area contributed by atoms with Gasteiger partial charge in [-0.05, 0) is 76.4 Å². The Bertz CT molecular complexity index is 1260. The first-order valence-corrected chi connectivity index (χ1v) is 11.8. The number of hydrogen-bond acceptors (Lipinski definition) is 5. The van der Waals surface area contributed by atoms with Crippen LogP contribution < -0.4 is 10.5 Å². The third-order valence-electron chi connectivity index (χ3n) is 5.30. The number of anilines is 1. The number of aryl methyl sites for hydroxylation is 3. The fraction of sp³-hybridized carbons (Fsp3) is 0.333. The second kappa shape index (κ2) is 8.43. The predicted octanol–water partition coefficient (Wildman–Crippen LogP) is 3.86. The smallest absolute Gasteiger partial charge is 0.268 e. The first-order valence-electron chi connectivity index (χ1n) is 10.4. The monoisotopic (exact) mass is 454 g/mol. The van der Waals surface area contributed by atoms with E-state index in [4.69, 9.17) is 5.73 Å². The molecular formula is C24H30N4O3S. The molecule has 0 aliphatic carbocycles. The minimum Gasteiger partial charge on any atom is -0.399 e. The van der Waals surface area contributed by atoms with Gasteiger partial charge >= 0.3 is 0 Å². The molecule has 0 saturated carbocycles. The largest absolute Gasteiger partial charge is 0.399 e. The van der Waals surface area contributed by atoms with Gasteiger partial charge in [0, 0.05) is 18.3 Å². The summed E-state index contributed by atoms with van der Waals surface area (Å²) in [4.78, 5) is 13.1. The molecule has 32 heavy (non-hydrogen) atoms. The van der Waals surface area contributed by atoms with Crippen molar-refractivity contribution >= 4 is 21.6 Å². The predicted molar refractivity (Wildman–Crippen MR) is 126 cm³/mol. The standard InChI is InChI=1S/C24H30N4O3S/c1-15-10-16(2)20(17(3)11-15)13-22-21(14-28(26-22)24(4,5)6)23(29)27-32(30,31)19-9-7-8-18(25)12-19/h7-12,14H,13,25H2,1-6H3,(H,27,29). The van der Waals surface area contributed by atoms with Crippen molar-refractivity contribution in [2.24, 2.45) is 0 Å². The van der Waals surface area contributed by atoms with Gasteiger partial charge < -0.3 is 5.73 Å². The van der Waals surface area contributed by atoms with Crippen LogP contribution in [-0.4, -0.2) is 24.1 Å². The Hall–Kier alpha value is -3.13. The number of nitrogen functional groups attached to an aromatic ring is 1. The van der Waals surface area contributed by atoms with Gasteiger partial charge in [0.25, 0.3) is 15.9 Å². The molecule has 1 aromatic heterocycles. The molecule has 0 aliphatic heterocycles. The first kappa shape index (κ1) is 23.5. The molecular weight excluding hydrogens is 424 g/mol. The zero-order chi connectivity index (χ0) is 23.8. The molecule has 7 nitrogen and oxygen atoms in total. The van der Waals surface area contributed by atoms with Gasteiger partial charge in [-0.3, -0.25) is 9.48 Å². The summed E-state index contributed by atoms with van der Waals surface area (Å²) in [6, 6.07) is 10.00. The highest BCUT2D eigenvalue weighted by Crippen LogP contribution is 2.24. The molecule has 3 aromatic rings. The third-order valence-corrected chi connectivity index (χ3v) is 6.63. The van der Waals surface area contributed by atoms with Crippen LogP contribution in [0.4, 0.5) is 5.69 Å². The van der Waals surface area contributed by atoms with Crippen molar-refractivity contribution in [3.05, 3.63) is 76.1 Å². The highest BCUT2D eigenvalue weighted by atomic mass is 32.2. The molecule has 0 unspecified atom stereocenters. The van der Waals surface area contributed by atoms with Gasteiger partial charge in [-0.25, -0.2) is 13.1 Å². The minimum absolute atomic E-state index is 0.0687. The van der Waals surface area contributed by atoms with E-state index >= 15 is 0 Å². The number of carbonyl (C=O) groups is 1. The van der Waals surface area contributed by atoms with Crippen LogP contribution >= 0.6 is 0 Å². The minimum atomic E-state index is -4.08. The van der Waals surface area contributed by atoms with Gasteiger partial charge in [0.15, 0.2) is 0 Å². The highest BCUT2D eigenvalue weighted by molar-refractivity contribution is 7.90. The van der Waals surface area contributed by atoms with Gasteiger partial charge in [-0.1, -0.05) is 23.8 Å². The molecule has 3 N–H and O–H groups in total. The van der Waals surface area contributed by atoms with Crippen molar-refractivity contribution in [2.45, 2.75) is 58.4 Å². The summed E-state index contributed by atoms with van der Waals surface area (Å²) in [5.41, 5.74) is 10.8. The van der Waals surface area contributed by atoms with E-state index in [1.54, 1.807) is 16.9 Å². The summed E-state index contributed by atoms with van der Waals surface area (Å²) in [7, 11) is -4.08. The van der Waals surface area contributed by atoms with E-state index in [2.05, 4.69) is 22.0 Å². The van der Waals surface area contributed by atoms with Crippen molar-refractivity contribution in [1.29, 1.82) is 0 Å². The van der Waals surface area contributed by atoms with Crippen LogP contribution in [0.25, 0.3) is 0 Å². The molecule has 0 aliphatic rings. The van der Waals surface area contributed by atoms with E-state index in [1.165, 1.54) is 18.2 Å². The lowest BCUT2D eigenvalue weighted by Crippen LogP contribution is -2.31. The van der Waals surface area contributed by atoms with Crippen molar-refractivity contribution in [2.75, 3.05) is 5.73 Å². The van der Waals surface area contributed by atoms with Crippen molar-refractivity contribution < 1.29 is 13.2 Å². The van der Waals surface area contributed by atoms with Crippen LogP contribution in [0.1, 0.15) is 59.1 Å². The van der Waals surface area contributed by atoms with Gasteiger partial charge in [-0.2, -0.15) is 5.10 Å². The molecule has 1 heterocycles. The van der Waals surface area contributed by atoms with Crippen molar-refractivity contribution in [3.8, 4) is 0 Å². The fourth-order valence-electron chi connectivity index (χ4n) is 3.65. The molecule has 170 valence electrons. The third kappa shape index (κ3) is 5.02. The number of rotatable bonds is 5. The molecule has 8 heteroatoms. The zero-order valence-electron chi connectivity index (χ0n) is 19.4.